The van der Waals surface area contributed by atoms with E-state index < -0.39 is 0 Å². The molecule has 0 unspecified atom stereocenters. The largest absolute Gasteiger partial charge is 0.348 e. The molecule has 0 fully saturated rings. The maximum atomic E-state index is 12.2. The van der Waals surface area contributed by atoms with E-state index in [0.717, 1.165) is 0 Å². The molecule has 1 atom stereocenters. The first kappa shape index (κ1) is 13.2. The van der Waals surface area contributed by atoms with E-state index in [4.69, 9.17) is 10.3 Å². The zero-order chi connectivity index (χ0) is 13.8. The normalized spacial score (nSPS) is 12.2. The fraction of sp³-hybridized carbons (Fsp3) is 0.308. The van der Waals surface area contributed by atoms with Crippen molar-refractivity contribution in [3.05, 3.63) is 35.7 Å². The zero-order valence-corrected chi connectivity index (χ0v) is 10.9. The van der Waals surface area contributed by atoms with Gasteiger partial charge in [-0.2, -0.15) is 4.98 Å². The number of nitrogens with zero attached hydrogens (tertiary/aromatic N) is 2. The lowest BCUT2D eigenvalue weighted by Gasteiger charge is -2.12. The van der Waals surface area contributed by atoms with Crippen LogP contribution in [0.15, 0.2) is 28.8 Å². The van der Waals surface area contributed by atoms with Crippen LogP contribution in [0.25, 0.3) is 11.5 Å². The van der Waals surface area contributed by atoms with Crippen LogP contribution in [0.2, 0.25) is 0 Å². The van der Waals surface area contributed by atoms with Crippen molar-refractivity contribution in [2.45, 2.75) is 19.9 Å². The van der Waals surface area contributed by atoms with Crippen LogP contribution in [0.1, 0.15) is 23.1 Å². The van der Waals surface area contributed by atoms with Gasteiger partial charge >= 0.3 is 0 Å². The van der Waals surface area contributed by atoms with E-state index in [1.807, 2.05) is 13.0 Å². The molecule has 6 nitrogen and oxygen atoms in total. The molecule has 100 valence electrons. The second-order valence-electron chi connectivity index (χ2n) is 4.30. The standard InChI is InChI=1S/C13H16N4O2/c1-8(7-14)15-12(18)10-5-3-4-6-11(10)13-16-9(2)17-19-13/h3-6,8H,7,14H2,1-2H3,(H,15,18)/t8-/m0/s1. The molecule has 0 saturated carbocycles. The Balaban J connectivity index is 2.33. The highest BCUT2D eigenvalue weighted by Gasteiger charge is 2.17. The Morgan fingerprint density at radius 2 is 2.21 bits per heavy atom. The molecule has 0 spiro atoms. The molecule has 0 saturated heterocycles. The van der Waals surface area contributed by atoms with Gasteiger partial charge in [0.2, 0.25) is 0 Å². The second kappa shape index (κ2) is 5.62. The fourth-order valence-electron chi connectivity index (χ4n) is 1.63. The van der Waals surface area contributed by atoms with Gasteiger partial charge in [-0.1, -0.05) is 17.3 Å². The highest BCUT2D eigenvalue weighted by Crippen LogP contribution is 2.21. The molecule has 0 bridgehead atoms. The van der Waals surface area contributed by atoms with E-state index in [0.29, 0.717) is 29.4 Å². The van der Waals surface area contributed by atoms with E-state index >= 15 is 0 Å². The van der Waals surface area contributed by atoms with Crippen LogP contribution < -0.4 is 11.1 Å². The molecule has 19 heavy (non-hydrogen) atoms. The monoisotopic (exact) mass is 260 g/mol. The van der Waals surface area contributed by atoms with Gasteiger partial charge in [-0.05, 0) is 26.0 Å². The third-order valence-electron chi connectivity index (χ3n) is 2.66. The lowest BCUT2D eigenvalue weighted by atomic mass is 10.1. The molecule has 0 aliphatic carbocycles. The molecule has 2 aromatic rings. The molecule has 0 aliphatic heterocycles. The van der Waals surface area contributed by atoms with Crippen molar-refractivity contribution in [3.8, 4) is 11.5 Å². The molecule has 1 aromatic carbocycles. The topological polar surface area (TPSA) is 94.0 Å². The molecule has 1 heterocycles. The average molecular weight is 260 g/mol. The molecule has 0 aliphatic rings. The molecule has 1 aromatic heterocycles. The quantitative estimate of drug-likeness (QED) is 0.859. The minimum absolute atomic E-state index is 0.0926. The summed E-state index contributed by atoms with van der Waals surface area (Å²) >= 11 is 0. The lowest BCUT2D eigenvalue weighted by molar-refractivity contribution is 0.0941. The van der Waals surface area contributed by atoms with Crippen LogP contribution in [0, 0.1) is 6.92 Å². The number of hydrogen-bond acceptors (Lipinski definition) is 5. The number of carbonyl (C=O) groups excluding carboxylic acids is 1. The van der Waals surface area contributed by atoms with Crippen LogP contribution in [-0.4, -0.2) is 28.6 Å². The summed E-state index contributed by atoms with van der Waals surface area (Å²) in [6.07, 6.45) is 0. The summed E-state index contributed by atoms with van der Waals surface area (Å²) in [6.45, 7) is 3.96. The summed E-state index contributed by atoms with van der Waals surface area (Å²) in [5.41, 5.74) is 6.60. The Bertz CT molecular complexity index is 580. The number of nitrogens with one attached hydrogen (secondary N) is 1. The summed E-state index contributed by atoms with van der Waals surface area (Å²) in [7, 11) is 0. The first-order valence-corrected chi connectivity index (χ1v) is 6.02. The Morgan fingerprint density at radius 1 is 1.47 bits per heavy atom. The predicted molar refractivity (Wildman–Crippen MR) is 70.5 cm³/mol. The number of nitrogens with two attached hydrogens (primary N) is 1. The summed E-state index contributed by atoms with van der Waals surface area (Å²) in [6, 6.07) is 7.00. The summed E-state index contributed by atoms with van der Waals surface area (Å²) in [5, 5.41) is 6.54. The number of benzene rings is 1. The SMILES string of the molecule is Cc1noc(-c2ccccc2C(=O)N[C@@H](C)CN)n1. The summed E-state index contributed by atoms with van der Waals surface area (Å²) in [5.74, 6) is 0.661. The van der Waals surface area contributed by atoms with Crippen LogP contribution in [0.5, 0.6) is 0 Å². The van der Waals surface area contributed by atoms with Crippen molar-refractivity contribution in [1.29, 1.82) is 0 Å². The number of aryl methyl sites for hydroxylation is 1. The minimum atomic E-state index is -0.204. The predicted octanol–water partition coefficient (Wildman–Crippen LogP) is 1.12. The first-order valence-electron chi connectivity index (χ1n) is 6.02. The minimum Gasteiger partial charge on any atom is -0.348 e. The van der Waals surface area contributed by atoms with Crippen molar-refractivity contribution in [2.75, 3.05) is 6.54 Å². The molecule has 0 radical (unpaired) electrons. The van der Waals surface area contributed by atoms with Gasteiger partial charge < -0.3 is 15.6 Å². The van der Waals surface area contributed by atoms with Gasteiger partial charge in [0.05, 0.1) is 11.1 Å². The van der Waals surface area contributed by atoms with Crippen LogP contribution >= 0.6 is 0 Å². The third-order valence-corrected chi connectivity index (χ3v) is 2.66. The Morgan fingerprint density at radius 3 is 2.84 bits per heavy atom. The Kier molecular flexibility index (Phi) is 3.91. The van der Waals surface area contributed by atoms with E-state index in [1.165, 1.54) is 0 Å². The fourth-order valence-corrected chi connectivity index (χ4v) is 1.63. The highest BCUT2D eigenvalue weighted by atomic mass is 16.5. The number of carbonyl (C=O) groups is 1. The third kappa shape index (κ3) is 2.97. The van der Waals surface area contributed by atoms with Gasteiger partial charge in [0.25, 0.3) is 11.8 Å². The highest BCUT2D eigenvalue weighted by molar-refractivity contribution is 6.00. The van der Waals surface area contributed by atoms with Crippen molar-refractivity contribution >= 4 is 5.91 Å². The number of amides is 1. The number of aromatic nitrogens is 2. The second-order valence-corrected chi connectivity index (χ2v) is 4.30. The average Bonchev–Trinajstić information content (AvgIpc) is 2.85. The summed E-state index contributed by atoms with van der Waals surface area (Å²) in [4.78, 5) is 16.3. The first-order chi connectivity index (χ1) is 9.11. The molecule has 6 heteroatoms. The van der Waals surface area contributed by atoms with Crippen molar-refractivity contribution in [2.24, 2.45) is 5.73 Å². The zero-order valence-electron chi connectivity index (χ0n) is 10.9. The smallest absolute Gasteiger partial charge is 0.258 e. The van der Waals surface area contributed by atoms with Gasteiger partial charge in [0, 0.05) is 12.6 Å². The molecule has 1 amide bonds. The van der Waals surface area contributed by atoms with E-state index in [1.54, 1.807) is 25.1 Å². The van der Waals surface area contributed by atoms with Crippen molar-refractivity contribution < 1.29 is 9.32 Å². The van der Waals surface area contributed by atoms with Gasteiger partial charge in [0.1, 0.15) is 0 Å². The number of rotatable bonds is 4. The van der Waals surface area contributed by atoms with Gasteiger partial charge in [-0.3, -0.25) is 4.79 Å². The molecule has 3 N–H and O–H groups in total. The van der Waals surface area contributed by atoms with Crippen LogP contribution in [0.4, 0.5) is 0 Å². The van der Waals surface area contributed by atoms with E-state index in [2.05, 4.69) is 15.5 Å². The van der Waals surface area contributed by atoms with Crippen molar-refractivity contribution in [1.82, 2.24) is 15.5 Å². The lowest BCUT2D eigenvalue weighted by Crippen LogP contribution is -2.38. The van der Waals surface area contributed by atoms with E-state index in [9.17, 15) is 4.79 Å². The molecular weight excluding hydrogens is 244 g/mol. The number of hydrogen-bond donors (Lipinski definition) is 2. The maximum Gasteiger partial charge on any atom is 0.258 e. The van der Waals surface area contributed by atoms with Gasteiger partial charge in [-0.25, -0.2) is 0 Å². The maximum absolute atomic E-state index is 12.2. The van der Waals surface area contributed by atoms with Gasteiger partial charge in [0.15, 0.2) is 5.82 Å². The van der Waals surface area contributed by atoms with E-state index in [-0.39, 0.29) is 11.9 Å². The molecular formula is C13H16N4O2. The van der Waals surface area contributed by atoms with Crippen molar-refractivity contribution in [3.63, 3.8) is 0 Å². The van der Waals surface area contributed by atoms with Crippen LogP contribution in [0.3, 0.4) is 0 Å². The summed E-state index contributed by atoms with van der Waals surface area (Å²) < 4.78 is 5.11. The Hall–Kier alpha value is -2.21. The van der Waals surface area contributed by atoms with Gasteiger partial charge in [-0.15, -0.1) is 0 Å². The van der Waals surface area contributed by atoms with Crippen LogP contribution in [-0.2, 0) is 0 Å². The Labute approximate surface area is 111 Å². The molecule has 2 rings (SSSR count).